The maximum Gasteiger partial charge on any atom is 0.253 e. The van der Waals surface area contributed by atoms with E-state index in [9.17, 15) is 23.6 Å². The van der Waals surface area contributed by atoms with Gasteiger partial charge >= 0.3 is 0 Å². The minimum atomic E-state index is -1.42. The Morgan fingerprint density at radius 1 is 1.10 bits per heavy atom. The number of ketones is 1. The van der Waals surface area contributed by atoms with Gasteiger partial charge in [-0.25, -0.2) is 4.39 Å². The second-order valence-electron chi connectivity index (χ2n) is 7.33. The van der Waals surface area contributed by atoms with Crippen LogP contribution in [0.5, 0.6) is 0 Å². The van der Waals surface area contributed by atoms with Gasteiger partial charge in [-0.15, -0.1) is 0 Å². The average molecular weight is 429 g/mol. The number of aromatic nitrogens is 1. The molecule has 0 saturated carbocycles. The van der Waals surface area contributed by atoms with Gasteiger partial charge in [0.15, 0.2) is 11.8 Å². The van der Waals surface area contributed by atoms with E-state index in [2.05, 4.69) is 5.32 Å². The first-order chi connectivity index (χ1) is 14.9. The van der Waals surface area contributed by atoms with Gasteiger partial charge in [0.05, 0.1) is 6.61 Å². The van der Waals surface area contributed by atoms with Crippen molar-refractivity contribution in [1.29, 1.82) is 0 Å². The van der Waals surface area contributed by atoms with Gasteiger partial charge < -0.3 is 15.3 Å². The molecular weight excluding hydrogens is 405 g/mol. The average Bonchev–Trinajstić information content (AvgIpc) is 2.79. The topological polar surface area (TPSA) is 109 Å². The lowest BCUT2D eigenvalue weighted by atomic mass is 9.94. The summed E-state index contributed by atoms with van der Waals surface area (Å²) in [6, 6.07) is 7.72. The van der Waals surface area contributed by atoms with Crippen LogP contribution in [0.2, 0.25) is 0 Å². The predicted octanol–water partition coefficient (Wildman–Crippen LogP) is 0.758. The van der Waals surface area contributed by atoms with Crippen LogP contribution >= 0.6 is 0 Å². The van der Waals surface area contributed by atoms with Crippen LogP contribution in [0.1, 0.15) is 29.2 Å². The fraction of sp³-hybridized carbons (Fsp3) is 0.364. The van der Waals surface area contributed by atoms with Crippen molar-refractivity contribution < 1.29 is 23.9 Å². The first kappa shape index (κ1) is 22.4. The van der Waals surface area contributed by atoms with Crippen molar-refractivity contribution in [2.24, 2.45) is 5.92 Å². The molecule has 1 atom stereocenters. The number of carbonyl (C=O) groups excluding carboxylic acids is 3. The molecule has 1 saturated heterocycles. The standard InChI is InChI=1S/C22H24FN3O5/c23-17-6-4-15(5-7-17)20(29)19(26-11-2-1-3-18(26)28)22(31)25-12-8-16(9-13-25)21(30)24-10-14-27/h1-7,11,16,19,27H,8-10,12-14H2,(H,24,30). The van der Waals surface area contributed by atoms with E-state index in [4.69, 9.17) is 5.11 Å². The van der Waals surface area contributed by atoms with Gasteiger partial charge in [0.2, 0.25) is 5.91 Å². The fourth-order valence-corrected chi connectivity index (χ4v) is 3.64. The van der Waals surface area contributed by atoms with Gasteiger partial charge in [-0.3, -0.25) is 23.7 Å². The number of halogens is 1. The Labute approximate surface area is 178 Å². The van der Waals surface area contributed by atoms with Crippen LogP contribution in [0, 0.1) is 11.7 Å². The van der Waals surface area contributed by atoms with E-state index in [1.165, 1.54) is 35.4 Å². The molecular formula is C22H24FN3O5. The number of rotatable bonds is 7. The summed E-state index contributed by atoms with van der Waals surface area (Å²) < 4.78 is 14.4. The second-order valence-corrected chi connectivity index (χ2v) is 7.33. The molecule has 0 aliphatic carbocycles. The minimum absolute atomic E-state index is 0.119. The normalized spacial score (nSPS) is 15.4. The van der Waals surface area contributed by atoms with E-state index >= 15 is 0 Å². The van der Waals surface area contributed by atoms with E-state index < -0.39 is 29.1 Å². The molecule has 2 heterocycles. The van der Waals surface area contributed by atoms with Crippen LogP contribution in [0.3, 0.4) is 0 Å². The Morgan fingerprint density at radius 2 is 1.77 bits per heavy atom. The third-order valence-electron chi connectivity index (χ3n) is 5.33. The molecule has 1 unspecified atom stereocenters. The smallest absolute Gasteiger partial charge is 0.253 e. The molecule has 1 aliphatic heterocycles. The lowest BCUT2D eigenvalue weighted by Crippen LogP contribution is -2.48. The van der Waals surface area contributed by atoms with Crippen LogP contribution in [0.15, 0.2) is 53.5 Å². The van der Waals surface area contributed by atoms with Crippen LogP contribution in [-0.4, -0.2) is 58.4 Å². The molecule has 2 amide bonds. The number of nitrogens with one attached hydrogen (secondary N) is 1. The number of nitrogens with zero attached hydrogens (tertiary/aromatic N) is 2. The number of piperidine rings is 1. The molecule has 0 spiro atoms. The van der Waals surface area contributed by atoms with Crippen molar-refractivity contribution in [3.63, 3.8) is 0 Å². The monoisotopic (exact) mass is 429 g/mol. The van der Waals surface area contributed by atoms with Gasteiger partial charge in [0, 0.05) is 43.4 Å². The fourth-order valence-electron chi connectivity index (χ4n) is 3.64. The predicted molar refractivity (Wildman–Crippen MR) is 110 cm³/mol. The Kier molecular flexibility index (Phi) is 7.30. The highest BCUT2D eigenvalue weighted by molar-refractivity contribution is 6.11. The lowest BCUT2D eigenvalue weighted by Gasteiger charge is -2.33. The molecule has 9 heteroatoms. The Morgan fingerprint density at radius 3 is 2.39 bits per heavy atom. The van der Waals surface area contributed by atoms with Gasteiger partial charge in [-0.1, -0.05) is 6.07 Å². The van der Waals surface area contributed by atoms with Gasteiger partial charge in [-0.2, -0.15) is 0 Å². The molecule has 8 nitrogen and oxygen atoms in total. The summed E-state index contributed by atoms with van der Waals surface area (Å²) in [6.45, 7) is 0.529. The summed E-state index contributed by atoms with van der Waals surface area (Å²) in [7, 11) is 0. The number of amides is 2. The van der Waals surface area contributed by atoms with Crippen molar-refractivity contribution in [3.8, 4) is 0 Å². The Bertz CT molecular complexity index is 997. The highest BCUT2D eigenvalue weighted by atomic mass is 19.1. The van der Waals surface area contributed by atoms with Gasteiger partial charge in [0.1, 0.15) is 5.82 Å². The number of benzene rings is 1. The van der Waals surface area contributed by atoms with E-state index in [0.717, 1.165) is 16.7 Å². The van der Waals surface area contributed by atoms with Gasteiger partial charge in [0.25, 0.3) is 11.5 Å². The molecule has 2 aromatic rings. The largest absolute Gasteiger partial charge is 0.395 e. The molecule has 1 aromatic heterocycles. The van der Waals surface area contributed by atoms with Crippen molar-refractivity contribution in [1.82, 2.24) is 14.8 Å². The second kappa shape index (κ2) is 10.1. The van der Waals surface area contributed by atoms with Crippen LogP contribution < -0.4 is 10.9 Å². The lowest BCUT2D eigenvalue weighted by molar-refractivity contribution is -0.137. The number of Topliss-reactive ketones (excluding diaryl/α,β-unsaturated/α-hetero) is 1. The van der Waals surface area contributed by atoms with Crippen molar-refractivity contribution in [2.75, 3.05) is 26.2 Å². The Balaban J connectivity index is 1.82. The zero-order valence-electron chi connectivity index (χ0n) is 16.9. The number of carbonyl (C=O) groups is 3. The Hall–Kier alpha value is -3.33. The third-order valence-corrected chi connectivity index (χ3v) is 5.33. The van der Waals surface area contributed by atoms with Crippen molar-refractivity contribution in [3.05, 3.63) is 70.4 Å². The van der Waals surface area contributed by atoms with E-state index in [1.54, 1.807) is 6.07 Å². The number of likely N-dealkylation sites (tertiary alicyclic amines) is 1. The van der Waals surface area contributed by atoms with Gasteiger partial charge in [-0.05, 0) is 43.2 Å². The summed E-state index contributed by atoms with van der Waals surface area (Å²) in [5.41, 5.74) is -0.386. The number of hydrogen-bond acceptors (Lipinski definition) is 5. The summed E-state index contributed by atoms with van der Waals surface area (Å²) in [4.78, 5) is 52.4. The zero-order valence-corrected chi connectivity index (χ0v) is 16.9. The number of aliphatic hydroxyl groups excluding tert-OH is 1. The molecule has 1 aliphatic rings. The van der Waals surface area contributed by atoms with E-state index in [1.807, 2.05) is 0 Å². The summed E-state index contributed by atoms with van der Waals surface area (Å²) in [6.07, 6.45) is 2.19. The highest BCUT2D eigenvalue weighted by Gasteiger charge is 2.36. The highest BCUT2D eigenvalue weighted by Crippen LogP contribution is 2.22. The molecule has 0 bridgehead atoms. The summed E-state index contributed by atoms with van der Waals surface area (Å²) >= 11 is 0. The molecule has 2 N–H and O–H groups in total. The SMILES string of the molecule is O=C(NCCO)C1CCN(C(=O)C(C(=O)c2ccc(F)cc2)n2ccccc2=O)CC1. The molecule has 164 valence electrons. The zero-order chi connectivity index (χ0) is 22.4. The van der Waals surface area contributed by atoms with E-state index in [-0.39, 0.29) is 43.6 Å². The number of hydrogen-bond donors (Lipinski definition) is 2. The quantitative estimate of drug-likeness (QED) is 0.499. The van der Waals surface area contributed by atoms with Crippen molar-refractivity contribution >= 4 is 17.6 Å². The molecule has 0 radical (unpaired) electrons. The summed E-state index contributed by atoms with van der Waals surface area (Å²) in [5.74, 6) is -2.14. The summed E-state index contributed by atoms with van der Waals surface area (Å²) in [5, 5.41) is 11.5. The number of aliphatic hydroxyl groups is 1. The van der Waals surface area contributed by atoms with Crippen LogP contribution in [0.25, 0.3) is 0 Å². The van der Waals surface area contributed by atoms with E-state index in [0.29, 0.717) is 12.8 Å². The first-order valence-corrected chi connectivity index (χ1v) is 10.1. The first-order valence-electron chi connectivity index (χ1n) is 10.1. The third kappa shape index (κ3) is 5.24. The van der Waals surface area contributed by atoms with Crippen molar-refractivity contribution in [2.45, 2.75) is 18.9 Å². The van der Waals surface area contributed by atoms with Crippen LogP contribution in [0.4, 0.5) is 4.39 Å². The molecule has 3 rings (SSSR count). The molecule has 1 aromatic carbocycles. The maximum absolute atomic E-state index is 13.3. The molecule has 31 heavy (non-hydrogen) atoms. The minimum Gasteiger partial charge on any atom is -0.395 e. The molecule has 1 fully saturated rings. The van der Waals surface area contributed by atoms with Crippen LogP contribution in [-0.2, 0) is 9.59 Å². The number of pyridine rings is 1. The maximum atomic E-state index is 13.3.